The van der Waals surface area contributed by atoms with Crippen LogP contribution in [0, 0.1) is 0 Å². The number of carbonyl (C=O) groups excluding carboxylic acids is 1. The van der Waals surface area contributed by atoms with Gasteiger partial charge in [-0.15, -0.1) is 0 Å². The number of ether oxygens (including phenoxy) is 1. The third-order valence-corrected chi connectivity index (χ3v) is 6.46. The molecule has 4 N–H and O–H groups in total. The van der Waals surface area contributed by atoms with Crippen LogP contribution in [0.2, 0.25) is 5.02 Å². The number of nitrogens with zero attached hydrogens (tertiary/aromatic N) is 4. The van der Waals surface area contributed by atoms with Crippen molar-refractivity contribution in [1.82, 2.24) is 19.9 Å². The Labute approximate surface area is 249 Å². The standard InChI is InChI=1S/C30H23ClF3N7O2/c1-2-17-9-19(13-36-12-17)24-8-5-20(30(32,33)34)10-26(24)41-28(42)40-22-15-38-29(39-16-22)43-23-6-3-18(4-7-23)25-11-21(31)14-37-27(25)35/h3-16H,2H2,1H3,(H2,35,37)(H2,40,41,42). The van der Waals surface area contributed by atoms with Gasteiger partial charge in [-0.1, -0.05) is 36.7 Å². The molecule has 0 unspecified atom stereocenters. The van der Waals surface area contributed by atoms with Crippen LogP contribution in [0.3, 0.4) is 0 Å². The van der Waals surface area contributed by atoms with Crippen LogP contribution >= 0.6 is 11.6 Å². The molecule has 0 spiro atoms. The second-order valence-electron chi connectivity index (χ2n) is 9.24. The van der Waals surface area contributed by atoms with Gasteiger partial charge in [0.1, 0.15) is 11.6 Å². The Balaban J connectivity index is 1.27. The van der Waals surface area contributed by atoms with Gasteiger partial charge in [0.2, 0.25) is 0 Å². The molecule has 0 aliphatic heterocycles. The van der Waals surface area contributed by atoms with Gasteiger partial charge in [-0.3, -0.25) is 4.98 Å². The molecule has 2 aromatic carbocycles. The maximum Gasteiger partial charge on any atom is 0.416 e. The summed E-state index contributed by atoms with van der Waals surface area (Å²) in [6.07, 6.45) is 3.35. The zero-order chi connectivity index (χ0) is 30.6. The number of nitrogens with one attached hydrogen (secondary N) is 2. The lowest BCUT2D eigenvalue weighted by Crippen LogP contribution is -2.20. The third-order valence-electron chi connectivity index (χ3n) is 6.25. The van der Waals surface area contributed by atoms with Crippen molar-refractivity contribution in [2.24, 2.45) is 0 Å². The summed E-state index contributed by atoms with van der Waals surface area (Å²) in [4.78, 5) is 29.2. The Morgan fingerprint density at radius 1 is 0.884 bits per heavy atom. The molecule has 13 heteroatoms. The first kappa shape index (κ1) is 29.3. The van der Waals surface area contributed by atoms with Crippen molar-refractivity contribution in [3.05, 3.63) is 102 Å². The van der Waals surface area contributed by atoms with Crippen LogP contribution in [0.1, 0.15) is 18.1 Å². The lowest BCUT2D eigenvalue weighted by atomic mass is 10.0. The SMILES string of the molecule is CCc1cncc(-c2ccc(C(F)(F)F)cc2NC(=O)Nc2cnc(Oc3ccc(-c4cc(Cl)cnc4N)cc3)nc2)c1. The fourth-order valence-corrected chi connectivity index (χ4v) is 4.27. The van der Waals surface area contributed by atoms with Crippen molar-refractivity contribution in [3.63, 3.8) is 0 Å². The van der Waals surface area contributed by atoms with Gasteiger partial charge in [-0.05, 0) is 53.9 Å². The number of pyridine rings is 2. The number of aryl methyl sites for hydroxylation is 1. The number of alkyl halides is 3. The molecule has 0 fully saturated rings. The number of anilines is 3. The topological polar surface area (TPSA) is 128 Å². The van der Waals surface area contributed by atoms with E-state index >= 15 is 0 Å². The van der Waals surface area contributed by atoms with E-state index < -0.39 is 17.8 Å². The molecule has 0 aliphatic carbocycles. The predicted molar refractivity (Wildman–Crippen MR) is 158 cm³/mol. The highest BCUT2D eigenvalue weighted by Crippen LogP contribution is 2.36. The monoisotopic (exact) mass is 605 g/mol. The van der Waals surface area contributed by atoms with Crippen LogP contribution in [0.5, 0.6) is 11.8 Å². The highest BCUT2D eigenvalue weighted by Gasteiger charge is 2.31. The Bertz CT molecular complexity index is 1770. The number of aromatic nitrogens is 4. The van der Waals surface area contributed by atoms with Crippen molar-refractivity contribution in [2.75, 3.05) is 16.4 Å². The van der Waals surface area contributed by atoms with E-state index in [2.05, 4.69) is 30.6 Å². The van der Waals surface area contributed by atoms with Crippen molar-refractivity contribution in [1.29, 1.82) is 0 Å². The first-order valence-electron chi connectivity index (χ1n) is 12.8. The molecule has 0 saturated heterocycles. The molecule has 5 aromatic rings. The minimum atomic E-state index is -4.60. The number of nitrogen functional groups attached to an aromatic ring is 1. The number of halogens is 4. The van der Waals surface area contributed by atoms with E-state index in [-0.39, 0.29) is 17.4 Å². The van der Waals surface area contributed by atoms with Gasteiger partial charge >= 0.3 is 18.2 Å². The first-order valence-corrected chi connectivity index (χ1v) is 13.2. The highest BCUT2D eigenvalue weighted by atomic mass is 35.5. The fourth-order valence-electron chi connectivity index (χ4n) is 4.11. The van der Waals surface area contributed by atoms with Crippen molar-refractivity contribution in [2.45, 2.75) is 19.5 Å². The van der Waals surface area contributed by atoms with E-state index in [0.717, 1.165) is 23.3 Å². The minimum Gasteiger partial charge on any atom is -0.424 e. The molecule has 218 valence electrons. The van der Waals surface area contributed by atoms with E-state index in [9.17, 15) is 18.0 Å². The normalized spacial score (nSPS) is 11.2. The molecule has 2 amide bonds. The molecule has 0 aliphatic rings. The summed E-state index contributed by atoms with van der Waals surface area (Å²) in [6.45, 7) is 1.94. The van der Waals surface area contributed by atoms with E-state index in [1.54, 1.807) is 36.5 Å². The van der Waals surface area contributed by atoms with E-state index in [0.29, 0.717) is 39.7 Å². The van der Waals surface area contributed by atoms with Gasteiger partial charge in [-0.2, -0.15) is 13.2 Å². The number of amides is 2. The van der Waals surface area contributed by atoms with Gasteiger partial charge in [0.25, 0.3) is 0 Å². The van der Waals surface area contributed by atoms with Gasteiger partial charge in [-0.25, -0.2) is 19.7 Å². The first-order chi connectivity index (χ1) is 20.6. The maximum absolute atomic E-state index is 13.4. The molecule has 3 heterocycles. The van der Waals surface area contributed by atoms with Gasteiger partial charge < -0.3 is 21.1 Å². The van der Waals surface area contributed by atoms with Crippen LogP contribution in [0.4, 0.5) is 35.2 Å². The van der Waals surface area contributed by atoms with Crippen LogP contribution in [-0.4, -0.2) is 26.0 Å². The van der Waals surface area contributed by atoms with Crippen molar-refractivity contribution >= 4 is 34.8 Å². The number of nitrogens with two attached hydrogens (primary N) is 1. The number of hydrogen-bond acceptors (Lipinski definition) is 7. The summed E-state index contributed by atoms with van der Waals surface area (Å²) in [5.41, 5.74) is 8.48. The van der Waals surface area contributed by atoms with Crippen LogP contribution in [0.15, 0.2) is 85.6 Å². The maximum atomic E-state index is 13.4. The smallest absolute Gasteiger partial charge is 0.416 e. The summed E-state index contributed by atoms with van der Waals surface area (Å²) in [5, 5.41) is 5.48. The second-order valence-corrected chi connectivity index (χ2v) is 9.68. The summed E-state index contributed by atoms with van der Waals surface area (Å²) < 4.78 is 46.0. The van der Waals surface area contributed by atoms with Gasteiger partial charge in [0, 0.05) is 35.3 Å². The Kier molecular flexibility index (Phi) is 8.39. The largest absolute Gasteiger partial charge is 0.424 e. The molecule has 5 rings (SSSR count). The summed E-state index contributed by atoms with van der Waals surface area (Å²) in [6, 6.07) is 12.8. The van der Waals surface area contributed by atoms with Crippen LogP contribution < -0.4 is 21.1 Å². The second kappa shape index (κ2) is 12.3. The molecular formula is C30H23ClF3N7O2. The number of rotatable bonds is 7. The Morgan fingerprint density at radius 2 is 1.63 bits per heavy atom. The molecule has 0 atom stereocenters. The molecule has 0 saturated carbocycles. The fraction of sp³-hybridized carbons (Fsp3) is 0.100. The quantitative estimate of drug-likeness (QED) is 0.172. The summed E-state index contributed by atoms with van der Waals surface area (Å²) in [5.74, 6) is 0.773. The van der Waals surface area contributed by atoms with E-state index in [4.69, 9.17) is 22.1 Å². The van der Waals surface area contributed by atoms with Gasteiger partial charge in [0.05, 0.1) is 34.4 Å². The average Bonchev–Trinajstić information content (AvgIpc) is 2.99. The van der Waals surface area contributed by atoms with Gasteiger partial charge in [0.15, 0.2) is 0 Å². The van der Waals surface area contributed by atoms with Crippen molar-refractivity contribution in [3.8, 4) is 34.0 Å². The molecule has 3 aromatic heterocycles. The number of carbonyl (C=O) groups is 1. The average molecular weight is 606 g/mol. The zero-order valence-electron chi connectivity index (χ0n) is 22.5. The molecule has 9 nitrogen and oxygen atoms in total. The number of urea groups is 1. The number of benzene rings is 2. The number of hydrogen-bond donors (Lipinski definition) is 3. The van der Waals surface area contributed by atoms with Crippen LogP contribution in [0.25, 0.3) is 22.3 Å². The van der Waals surface area contributed by atoms with Crippen molar-refractivity contribution < 1.29 is 22.7 Å². The highest BCUT2D eigenvalue weighted by molar-refractivity contribution is 6.30. The Morgan fingerprint density at radius 3 is 2.33 bits per heavy atom. The van der Waals surface area contributed by atoms with E-state index in [1.807, 2.05) is 13.0 Å². The van der Waals surface area contributed by atoms with E-state index in [1.165, 1.54) is 30.9 Å². The molecular weight excluding hydrogens is 583 g/mol. The molecule has 0 radical (unpaired) electrons. The molecule has 43 heavy (non-hydrogen) atoms. The third kappa shape index (κ3) is 7.16. The molecule has 0 bridgehead atoms. The summed E-state index contributed by atoms with van der Waals surface area (Å²) >= 11 is 6.02. The minimum absolute atomic E-state index is 0.00566. The van der Waals surface area contributed by atoms with Crippen LogP contribution in [-0.2, 0) is 12.6 Å². The predicted octanol–water partition coefficient (Wildman–Crippen LogP) is 7.85. The Hall–Kier alpha value is -5.23. The lowest BCUT2D eigenvalue weighted by molar-refractivity contribution is -0.137. The zero-order valence-corrected chi connectivity index (χ0v) is 23.2. The summed E-state index contributed by atoms with van der Waals surface area (Å²) in [7, 11) is 0. The lowest BCUT2D eigenvalue weighted by Gasteiger charge is -2.15.